The van der Waals surface area contributed by atoms with Crippen LogP contribution in [0.15, 0.2) is 48.7 Å². The van der Waals surface area contributed by atoms with Gasteiger partial charge >= 0.3 is 0 Å². The minimum atomic E-state index is -0.743. The first-order valence-corrected chi connectivity index (χ1v) is 11.5. The molecule has 0 saturated heterocycles. The van der Waals surface area contributed by atoms with Gasteiger partial charge in [-0.05, 0) is 42.3 Å². The van der Waals surface area contributed by atoms with Crippen LogP contribution in [-0.4, -0.2) is 56.5 Å². The van der Waals surface area contributed by atoms with Gasteiger partial charge in [0.05, 0.1) is 23.1 Å². The fourth-order valence-electron chi connectivity index (χ4n) is 3.32. The number of alkyl halides is 1. The van der Waals surface area contributed by atoms with Crippen molar-refractivity contribution >= 4 is 23.2 Å². The summed E-state index contributed by atoms with van der Waals surface area (Å²) in [4.78, 5) is 0. The van der Waals surface area contributed by atoms with Crippen LogP contribution in [0.25, 0.3) is 0 Å². The first-order chi connectivity index (χ1) is 15.7. The molecule has 1 heterocycles. The zero-order chi connectivity index (χ0) is 24.0. The number of hydrogen-bond donors (Lipinski definition) is 2. The molecular weight excluding hydrogens is 465 g/mol. The highest BCUT2D eigenvalue weighted by Crippen LogP contribution is 2.36. The van der Waals surface area contributed by atoms with E-state index in [4.69, 9.17) is 32.7 Å². The Morgan fingerprint density at radius 1 is 1.00 bits per heavy atom. The predicted octanol–water partition coefficient (Wildman–Crippen LogP) is 3.98. The quantitative estimate of drug-likeness (QED) is 0.392. The van der Waals surface area contributed by atoms with Crippen molar-refractivity contribution in [1.29, 1.82) is 0 Å². The monoisotopic (exact) mass is 493 g/mol. The van der Waals surface area contributed by atoms with E-state index in [2.05, 4.69) is 24.2 Å². The van der Waals surface area contributed by atoms with E-state index >= 15 is 0 Å². The third kappa shape index (κ3) is 6.84. The number of benzene rings is 2. The molecule has 2 aromatic carbocycles. The molecule has 2 atom stereocenters. The molecule has 33 heavy (non-hydrogen) atoms. The largest absolute Gasteiger partial charge is 0.491 e. The van der Waals surface area contributed by atoms with Gasteiger partial charge in [0.1, 0.15) is 36.9 Å². The van der Waals surface area contributed by atoms with Crippen LogP contribution in [-0.2, 0) is 12.0 Å². The van der Waals surface area contributed by atoms with Crippen molar-refractivity contribution in [3.63, 3.8) is 0 Å². The smallest absolute Gasteiger partial charge is 0.138 e. The minimum absolute atomic E-state index is 0.0839. The molecule has 0 aliphatic carbocycles. The van der Waals surface area contributed by atoms with Crippen LogP contribution < -0.4 is 9.47 Å². The van der Waals surface area contributed by atoms with Crippen LogP contribution in [0.5, 0.6) is 11.5 Å². The number of hydrogen-bond acceptors (Lipinski definition) is 6. The Balaban J connectivity index is 1.61. The lowest BCUT2D eigenvalue weighted by molar-refractivity contribution is 0.0888. The van der Waals surface area contributed by atoms with E-state index < -0.39 is 12.2 Å². The van der Waals surface area contributed by atoms with Crippen LogP contribution >= 0.6 is 23.2 Å². The van der Waals surface area contributed by atoms with Gasteiger partial charge in [0, 0.05) is 11.6 Å². The lowest BCUT2D eigenvalue weighted by Crippen LogP contribution is -2.24. The number of nitrogens with zero attached hydrogens (tertiary/aromatic N) is 3. The Kier molecular flexibility index (Phi) is 8.59. The van der Waals surface area contributed by atoms with E-state index in [1.807, 2.05) is 43.3 Å². The van der Waals surface area contributed by atoms with Crippen molar-refractivity contribution in [1.82, 2.24) is 15.0 Å². The molecule has 0 aliphatic rings. The average molecular weight is 494 g/mol. The molecule has 0 fully saturated rings. The first-order valence-electron chi connectivity index (χ1n) is 10.6. The second kappa shape index (κ2) is 11.2. The summed E-state index contributed by atoms with van der Waals surface area (Å²) in [5.41, 5.74) is 2.58. The van der Waals surface area contributed by atoms with Crippen LogP contribution in [0.2, 0.25) is 5.02 Å². The molecule has 2 N–H and O–H groups in total. The van der Waals surface area contributed by atoms with E-state index in [-0.39, 0.29) is 24.5 Å². The van der Waals surface area contributed by atoms with Gasteiger partial charge in [0.15, 0.2) is 0 Å². The molecule has 0 spiro atoms. The van der Waals surface area contributed by atoms with Gasteiger partial charge in [0.2, 0.25) is 0 Å². The summed E-state index contributed by atoms with van der Waals surface area (Å²) in [6.45, 7) is 6.61. The molecule has 7 nitrogen and oxygen atoms in total. The number of aromatic nitrogens is 3. The van der Waals surface area contributed by atoms with Crippen molar-refractivity contribution in [3.05, 3.63) is 70.5 Å². The molecule has 3 aromatic rings. The molecule has 0 bridgehead atoms. The van der Waals surface area contributed by atoms with Crippen molar-refractivity contribution in [3.8, 4) is 11.5 Å². The van der Waals surface area contributed by atoms with Gasteiger partial charge in [-0.3, -0.25) is 0 Å². The molecule has 0 saturated carbocycles. The van der Waals surface area contributed by atoms with Crippen LogP contribution in [0.4, 0.5) is 0 Å². The Hall–Kier alpha value is -2.32. The molecule has 1 aromatic heterocycles. The normalized spacial score (nSPS) is 13.5. The zero-order valence-corrected chi connectivity index (χ0v) is 20.4. The summed E-state index contributed by atoms with van der Waals surface area (Å²) < 4.78 is 12.9. The highest BCUT2D eigenvalue weighted by atomic mass is 35.5. The Labute approximate surface area is 203 Å². The van der Waals surface area contributed by atoms with Gasteiger partial charge in [-0.2, -0.15) is 0 Å². The fraction of sp³-hybridized carbons (Fsp3) is 0.417. The maximum absolute atomic E-state index is 10.2. The fourth-order valence-corrected chi connectivity index (χ4v) is 3.64. The standard InChI is InChI=1S/C24H29Cl2N3O4/c1-16-12-29(28-27-16)13-20(31)15-32-21-7-4-17(5-8-21)24(2,3)18-6-9-23(22(26)10-18)33-14-19(30)11-25/h4-10,12,19-20,30-31H,11,13-15H2,1-3H3/t19-,20-/m0/s1. The topological polar surface area (TPSA) is 89.6 Å². The number of aliphatic hydroxyl groups excluding tert-OH is 2. The number of ether oxygens (including phenoxy) is 2. The van der Waals surface area contributed by atoms with Gasteiger partial charge in [0.25, 0.3) is 0 Å². The van der Waals surface area contributed by atoms with Crippen molar-refractivity contribution in [2.75, 3.05) is 19.1 Å². The molecule has 3 rings (SSSR count). The molecule has 0 amide bonds. The minimum Gasteiger partial charge on any atom is -0.491 e. The molecule has 0 aliphatic heterocycles. The second-order valence-electron chi connectivity index (χ2n) is 8.46. The highest BCUT2D eigenvalue weighted by Gasteiger charge is 2.24. The zero-order valence-electron chi connectivity index (χ0n) is 18.9. The molecule has 0 unspecified atom stereocenters. The van der Waals surface area contributed by atoms with Crippen LogP contribution in [0, 0.1) is 6.92 Å². The predicted molar refractivity (Wildman–Crippen MR) is 129 cm³/mol. The Morgan fingerprint density at radius 2 is 1.67 bits per heavy atom. The van der Waals surface area contributed by atoms with E-state index in [0.717, 1.165) is 16.8 Å². The van der Waals surface area contributed by atoms with Crippen LogP contribution in [0.3, 0.4) is 0 Å². The van der Waals surface area contributed by atoms with E-state index in [0.29, 0.717) is 23.1 Å². The second-order valence-corrected chi connectivity index (χ2v) is 9.18. The first kappa shape index (κ1) is 25.3. The summed E-state index contributed by atoms with van der Waals surface area (Å²) in [5.74, 6) is 1.27. The third-order valence-electron chi connectivity index (χ3n) is 5.33. The van der Waals surface area contributed by atoms with E-state index in [9.17, 15) is 10.2 Å². The van der Waals surface area contributed by atoms with E-state index in [1.165, 1.54) is 0 Å². The van der Waals surface area contributed by atoms with Gasteiger partial charge < -0.3 is 19.7 Å². The summed E-state index contributed by atoms with van der Waals surface area (Å²) >= 11 is 12.0. The van der Waals surface area contributed by atoms with Crippen molar-refractivity contribution < 1.29 is 19.7 Å². The van der Waals surface area contributed by atoms with E-state index in [1.54, 1.807) is 16.9 Å². The number of halogens is 2. The lowest BCUT2D eigenvalue weighted by atomic mass is 9.78. The third-order valence-corrected chi connectivity index (χ3v) is 5.98. The highest BCUT2D eigenvalue weighted by molar-refractivity contribution is 6.32. The Morgan fingerprint density at radius 3 is 2.27 bits per heavy atom. The van der Waals surface area contributed by atoms with Gasteiger partial charge in [-0.1, -0.05) is 48.9 Å². The summed E-state index contributed by atoms with van der Waals surface area (Å²) in [5, 5.41) is 28.1. The molecule has 0 radical (unpaired) electrons. The summed E-state index contributed by atoms with van der Waals surface area (Å²) in [6, 6.07) is 13.4. The molecule has 9 heteroatoms. The average Bonchev–Trinajstić information content (AvgIpc) is 3.21. The number of aryl methyl sites for hydroxylation is 1. The maximum Gasteiger partial charge on any atom is 0.138 e. The lowest BCUT2D eigenvalue weighted by Gasteiger charge is -2.27. The Bertz CT molecular complexity index is 1040. The van der Waals surface area contributed by atoms with Gasteiger partial charge in [-0.15, -0.1) is 16.7 Å². The van der Waals surface area contributed by atoms with Crippen molar-refractivity contribution in [2.24, 2.45) is 0 Å². The van der Waals surface area contributed by atoms with Crippen molar-refractivity contribution in [2.45, 2.75) is 44.9 Å². The SMILES string of the molecule is Cc1cn(C[C@H](O)COc2ccc(C(C)(C)c3ccc(OC[C@@H](O)CCl)c(Cl)c3)cc2)nn1. The van der Waals surface area contributed by atoms with Gasteiger partial charge in [-0.25, -0.2) is 4.68 Å². The maximum atomic E-state index is 10.2. The molecular formula is C24H29Cl2N3O4. The summed E-state index contributed by atoms with van der Waals surface area (Å²) in [7, 11) is 0. The number of rotatable bonds is 11. The molecule has 178 valence electrons. The summed E-state index contributed by atoms with van der Waals surface area (Å²) in [6.07, 6.45) is 0.331. The van der Waals surface area contributed by atoms with Crippen LogP contribution in [0.1, 0.15) is 30.7 Å². The number of aliphatic hydroxyl groups is 2.